The summed E-state index contributed by atoms with van der Waals surface area (Å²) in [6.07, 6.45) is 3.38. The van der Waals surface area contributed by atoms with Crippen LogP contribution >= 0.6 is 0 Å². The Morgan fingerprint density at radius 3 is 2.36 bits per heavy atom. The molecule has 1 N–H and O–H groups in total. The quantitative estimate of drug-likeness (QED) is 0.810. The Hall–Kier alpha value is -2.30. The second-order valence-corrected chi connectivity index (χ2v) is 4.83. The molecule has 5 heteroatoms. The van der Waals surface area contributed by atoms with Gasteiger partial charge in [0.05, 0.1) is 19.0 Å². The third kappa shape index (κ3) is 4.10. The molecule has 1 aromatic carbocycles. The third-order valence-electron chi connectivity index (χ3n) is 3.47. The standard InChI is InChI=1S/C17H24N4O/c1-4-21(5-2)16-10-8-7-9-14(16)11-18-17-19-12-15(13-20-17)22-6-3/h7-10,12-13H,4-6,11H2,1-3H3,(H,18,19,20). The molecule has 118 valence electrons. The first kappa shape index (κ1) is 16.1. The maximum Gasteiger partial charge on any atom is 0.223 e. The van der Waals surface area contributed by atoms with E-state index in [9.17, 15) is 0 Å². The van der Waals surface area contributed by atoms with Crippen molar-refractivity contribution in [1.29, 1.82) is 0 Å². The SMILES string of the molecule is CCOc1cnc(NCc2ccccc2N(CC)CC)nc1. The summed E-state index contributed by atoms with van der Waals surface area (Å²) in [5, 5.41) is 3.27. The minimum absolute atomic E-state index is 0.609. The lowest BCUT2D eigenvalue weighted by atomic mass is 10.1. The van der Waals surface area contributed by atoms with Gasteiger partial charge < -0.3 is 15.0 Å². The number of anilines is 2. The van der Waals surface area contributed by atoms with Crippen molar-refractivity contribution < 1.29 is 4.74 Å². The van der Waals surface area contributed by atoms with Crippen molar-refractivity contribution in [1.82, 2.24) is 9.97 Å². The molecule has 0 saturated carbocycles. The maximum atomic E-state index is 5.34. The van der Waals surface area contributed by atoms with Crippen LogP contribution < -0.4 is 15.0 Å². The van der Waals surface area contributed by atoms with Crippen molar-refractivity contribution in [2.45, 2.75) is 27.3 Å². The Kier molecular flexibility index (Phi) is 6.01. The van der Waals surface area contributed by atoms with E-state index in [0.717, 1.165) is 13.1 Å². The van der Waals surface area contributed by atoms with E-state index < -0.39 is 0 Å². The largest absolute Gasteiger partial charge is 0.491 e. The second-order valence-electron chi connectivity index (χ2n) is 4.83. The van der Waals surface area contributed by atoms with Gasteiger partial charge in [-0.3, -0.25) is 0 Å². The van der Waals surface area contributed by atoms with Gasteiger partial charge in [0, 0.05) is 25.3 Å². The first-order valence-electron chi connectivity index (χ1n) is 7.80. The van der Waals surface area contributed by atoms with Crippen LogP contribution in [-0.4, -0.2) is 29.7 Å². The number of rotatable bonds is 8. The lowest BCUT2D eigenvalue weighted by Gasteiger charge is -2.24. The Morgan fingerprint density at radius 2 is 1.73 bits per heavy atom. The number of nitrogens with zero attached hydrogens (tertiary/aromatic N) is 3. The van der Waals surface area contributed by atoms with Gasteiger partial charge in [-0.1, -0.05) is 18.2 Å². The monoisotopic (exact) mass is 300 g/mol. The summed E-state index contributed by atoms with van der Waals surface area (Å²) in [6, 6.07) is 8.42. The van der Waals surface area contributed by atoms with Gasteiger partial charge in [-0.25, -0.2) is 9.97 Å². The molecule has 0 atom stereocenters. The summed E-state index contributed by atoms with van der Waals surface area (Å²) in [4.78, 5) is 10.9. The minimum atomic E-state index is 0.609. The van der Waals surface area contributed by atoms with E-state index >= 15 is 0 Å². The van der Waals surface area contributed by atoms with Crippen LogP contribution in [0.5, 0.6) is 5.75 Å². The predicted octanol–water partition coefficient (Wildman–Crippen LogP) is 3.33. The number of nitrogens with one attached hydrogen (secondary N) is 1. The first-order chi connectivity index (χ1) is 10.8. The van der Waals surface area contributed by atoms with Gasteiger partial charge in [-0.15, -0.1) is 0 Å². The number of para-hydroxylation sites is 1. The molecule has 0 bridgehead atoms. The van der Waals surface area contributed by atoms with E-state index in [1.807, 2.05) is 6.92 Å². The van der Waals surface area contributed by atoms with Gasteiger partial charge in [0.25, 0.3) is 0 Å². The summed E-state index contributed by atoms with van der Waals surface area (Å²) >= 11 is 0. The fourth-order valence-electron chi connectivity index (χ4n) is 2.36. The summed E-state index contributed by atoms with van der Waals surface area (Å²) in [5.74, 6) is 1.30. The molecule has 0 aliphatic rings. The molecule has 1 heterocycles. The van der Waals surface area contributed by atoms with Gasteiger partial charge in [0.2, 0.25) is 5.95 Å². The Balaban J connectivity index is 2.05. The molecule has 0 unspecified atom stereocenters. The Bertz CT molecular complexity index is 567. The van der Waals surface area contributed by atoms with Crippen molar-refractivity contribution in [2.75, 3.05) is 29.9 Å². The van der Waals surface area contributed by atoms with Gasteiger partial charge >= 0.3 is 0 Å². The van der Waals surface area contributed by atoms with E-state index in [-0.39, 0.29) is 0 Å². The first-order valence-corrected chi connectivity index (χ1v) is 7.80. The van der Waals surface area contributed by atoms with Crippen LogP contribution in [0.25, 0.3) is 0 Å². The predicted molar refractivity (Wildman–Crippen MR) is 90.5 cm³/mol. The molecule has 1 aromatic heterocycles. The van der Waals surface area contributed by atoms with Crippen molar-refractivity contribution in [3.8, 4) is 5.75 Å². The van der Waals surface area contributed by atoms with Crippen LogP contribution in [-0.2, 0) is 6.54 Å². The van der Waals surface area contributed by atoms with Crippen LogP contribution in [0.3, 0.4) is 0 Å². The number of hydrogen-bond donors (Lipinski definition) is 1. The van der Waals surface area contributed by atoms with Crippen LogP contribution in [0.15, 0.2) is 36.7 Å². The van der Waals surface area contributed by atoms with Crippen molar-refractivity contribution >= 4 is 11.6 Å². The third-order valence-corrected chi connectivity index (χ3v) is 3.47. The van der Waals surface area contributed by atoms with E-state index in [1.54, 1.807) is 12.4 Å². The van der Waals surface area contributed by atoms with Crippen molar-refractivity contribution in [2.24, 2.45) is 0 Å². The molecule has 0 amide bonds. The van der Waals surface area contributed by atoms with Crippen LogP contribution in [0.1, 0.15) is 26.3 Å². The normalized spacial score (nSPS) is 10.3. The molecule has 0 radical (unpaired) electrons. The van der Waals surface area contributed by atoms with Gasteiger partial charge in [-0.2, -0.15) is 0 Å². The van der Waals surface area contributed by atoms with Crippen LogP contribution in [0, 0.1) is 0 Å². The average Bonchev–Trinajstić information content (AvgIpc) is 2.57. The molecule has 0 spiro atoms. The highest BCUT2D eigenvalue weighted by Gasteiger charge is 2.08. The lowest BCUT2D eigenvalue weighted by Crippen LogP contribution is -2.23. The zero-order valence-electron chi connectivity index (χ0n) is 13.5. The smallest absolute Gasteiger partial charge is 0.223 e. The number of benzene rings is 1. The fraction of sp³-hybridized carbons (Fsp3) is 0.412. The highest BCUT2D eigenvalue weighted by atomic mass is 16.5. The average molecular weight is 300 g/mol. The molecule has 0 aliphatic carbocycles. The van der Waals surface area contributed by atoms with Crippen molar-refractivity contribution in [3.05, 3.63) is 42.2 Å². The summed E-state index contributed by atoms with van der Waals surface area (Å²) in [7, 11) is 0. The number of hydrogen-bond acceptors (Lipinski definition) is 5. The topological polar surface area (TPSA) is 50.3 Å². The molecule has 22 heavy (non-hydrogen) atoms. The van der Waals surface area contributed by atoms with E-state index in [2.05, 4.69) is 58.3 Å². The summed E-state index contributed by atoms with van der Waals surface area (Å²) in [5.41, 5.74) is 2.50. The highest BCUT2D eigenvalue weighted by Crippen LogP contribution is 2.21. The molecular weight excluding hydrogens is 276 g/mol. The van der Waals surface area contributed by atoms with Gasteiger partial charge in [0.1, 0.15) is 0 Å². The highest BCUT2D eigenvalue weighted by molar-refractivity contribution is 5.54. The van der Waals surface area contributed by atoms with Crippen molar-refractivity contribution in [3.63, 3.8) is 0 Å². The fourth-order valence-corrected chi connectivity index (χ4v) is 2.36. The van der Waals surface area contributed by atoms with E-state index in [4.69, 9.17) is 4.74 Å². The Morgan fingerprint density at radius 1 is 1.05 bits per heavy atom. The number of aromatic nitrogens is 2. The van der Waals surface area contributed by atoms with Gasteiger partial charge in [-0.05, 0) is 32.4 Å². The van der Waals surface area contributed by atoms with Crippen LogP contribution in [0.4, 0.5) is 11.6 Å². The maximum absolute atomic E-state index is 5.34. The second kappa shape index (κ2) is 8.22. The van der Waals surface area contributed by atoms with E-state index in [0.29, 0.717) is 24.8 Å². The lowest BCUT2D eigenvalue weighted by molar-refractivity contribution is 0.337. The van der Waals surface area contributed by atoms with Crippen LogP contribution in [0.2, 0.25) is 0 Å². The zero-order valence-corrected chi connectivity index (χ0v) is 13.5. The molecule has 2 aromatic rings. The minimum Gasteiger partial charge on any atom is -0.491 e. The molecule has 0 fully saturated rings. The van der Waals surface area contributed by atoms with E-state index in [1.165, 1.54) is 11.3 Å². The summed E-state index contributed by atoms with van der Waals surface area (Å²) < 4.78 is 5.34. The molecule has 5 nitrogen and oxygen atoms in total. The zero-order chi connectivity index (χ0) is 15.8. The molecular formula is C17H24N4O. The number of ether oxygens (including phenoxy) is 1. The Labute approximate surface area is 132 Å². The molecule has 0 aliphatic heterocycles. The van der Waals surface area contributed by atoms with Gasteiger partial charge in [0.15, 0.2) is 5.75 Å². The summed E-state index contributed by atoms with van der Waals surface area (Å²) in [6.45, 7) is 9.58. The molecule has 2 rings (SSSR count). The molecule has 0 saturated heterocycles.